The van der Waals surface area contributed by atoms with Gasteiger partial charge in [0.05, 0.1) is 6.61 Å². The second-order valence-electron chi connectivity index (χ2n) is 4.07. The molecule has 2 aromatic heterocycles. The van der Waals surface area contributed by atoms with Crippen molar-refractivity contribution in [3.05, 3.63) is 53.1 Å². The highest BCUT2D eigenvalue weighted by atomic mass is 79.9. The fourth-order valence-corrected chi connectivity index (χ4v) is 2.89. The molecule has 0 bridgehead atoms. The SMILES string of the molecule is Brc1cccc(OCCSc2nnc3ccccn23)c1. The van der Waals surface area contributed by atoms with Gasteiger partial charge in [-0.3, -0.25) is 4.40 Å². The molecular formula is C14H12BrN3OS. The van der Waals surface area contributed by atoms with Crippen LogP contribution in [0.5, 0.6) is 5.75 Å². The highest BCUT2D eigenvalue weighted by Crippen LogP contribution is 2.19. The van der Waals surface area contributed by atoms with Gasteiger partial charge in [0.2, 0.25) is 0 Å². The summed E-state index contributed by atoms with van der Waals surface area (Å²) in [5.41, 5.74) is 0.864. The molecule has 0 spiro atoms. The molecule has 0 N–H and O–H groups in total. The molecule has 0 fully saturated rings. The summed E-state index contributed by atoms with van der Waals surface area (Å²) < 4.78 is 8.68. The van der Waals surface area contributed by atoms with Crippen LogP contribution >= 0.6 is 27.7 Å². The minimum absolute atomic E-state index is 0.628. The van der Waals surface area contributed by atoms with Gasteiger partial charge in [0.25, 0.3) is 0 Å². The first-order valence-electron chi connectivity index (χ1n) is 6.14. The molecule has 3 aromatic rings. The van der Waals surface area contributed by atoms with Crippen LogP contribution in [0.1, 0.15) is 0 Å². The Labute approximate surface area is 129 Å². The zero-order valence-corrected chi connectivity index (χ0v) is 13.0. The zero-order chi connectivity index (χ0) is 13.8. The fourth-order valence-electron chi connectivity index (χ4n) is 1.77. The molecule has 6 heteroatoms. The summed E-state index contributed by atoms with van der Waals surface area (Å²) in [5, 5.41) is 9.17. The van der Waals surface area contributed by atoms with Crippen molar-refractivity contribution in [2.24, 2.45) is 0 Å². The molecule has 0 aliphatic carbocycles. The van der Waals surface area contributed by atoms with Crippen molar-refractivity contribution in [3.8, 4) is 5.75 Å². The quantitative estimate of drug-likeness (QED) is 0.520. The number of halogens is 1. The average Bonchev–Trinajstić information content (AvgIpc) is 2.87. The number of benzene rings is 1. The first kappa shape index (κ1) is 13.5. The van der Waals surface area contributed by atoms with Crippen molar-refractivity contribution >= 4 is 33.3 Å². The van der Waals surface area contributed by atoms with E-state index < -0.39 is 0 Å². The van der Waals surface area contributed by atoms with Crippen LogP contribution in [0.2, 0.25) is 0 Å². The van der Waals surface area contributed by atoms with Crippen molar-refractivity contribution in [1.29, 1.82) is 0 Å². The Morgan fingerprint density at radius 1 is 1.15 bits per heavy atom. The Morgan fingerprint density at radius 2 is 2.10 bits per heavy atom. The minimum Gasteiger partial charge on any atom is -0.493 e. The Bertz CT molecular complexity index is 716. The molecule has 0 radical (unpaired) electrons. The molecule has 0 unspecified atom stereocenters. The van der Waals surface area contributed by atoms with Crippen LogP contribution in [0.4, 0.5) is 0 Å². The van der Waals surface area contributed by atoms with Gasteiger partial charge in [0, 0.05) is 16.4 Å². The highest BCUT2D eigenvalue weighted by Gasteiger charge is 2.04. The van der Waals surface area contributed by atoms with Gasteiger partial charge in [0.15, 0.2) is 10.8 Å². The topological polar surface area (TPSA) is 39.4 Å². The van der Waals surface area contributed by atoms with E-state index >= 15 is 0 Å². The van der Waals surface area contributed by atoms with Gasteiger partial charge in [-0.15, -0.1) is 10.2 Å². The summed E-state index contributed by atoms with van der Waals surface area (Å²) in [7, 11) is 0. The molecule has 0 saturated heterocycles. The Balaban J connectivity index is 1.55. The first-order valence-corrected chi connectivity index (χ1v) is 7.92. The number of hydrogen-bond acceptors (Lipinski definition) is 4. The number of nitrogens with zero attached hydrogens (tertiary/aromatic N) is 3. The molecule has 0 atom stereocenters. The van der Waals surface area contributed by atoms with Gasteiger partial charge in [-0.1, -0.05) is 39.8 Å². The van der Waals surface area contributed by atoms with Gasteiger partial charge >= 0.3 is 0 Å². The van der Waals surface area contributed by atoms with E-state index in [9.17, 15) is 0 Å². The van der Waals surface area contributed by atoms with Crippen LogP contribution in [-0.2, 0) is 0 Å². The van der Waals surface area contributed by atoms with Gasteiger partial charge in [-0.2, -0.15) is 0 Å². The smallest absolute Gasteiger partial charge is 0.195 e. The van der Waals surface area contributed by atoms with E-state index in [1.807, 2.05) is 53.1 Å². The monoisotopic (exact) mass is 349 g/mol. The minimum atomic E-state index is 0.628. The molecular weight excluding hydrogens is 338 g/mol. The number of aromatic nitrogens is 3. The standard InChI is InChI=1S/C14H12BrN3OS/c15-11-4-3-5-12(10-11)19-8-9-20-14-17-16-13-6-1-2-7-18(13)14/h1-7,10H,8-9H2. The summed E-state index contributed by atoms with van der Waals surface area (Å²) in [6, 6.07) is 13.7. The van der Waals surface area contributed by atoms with E-state index in [1.165, 1.54) is 0 Å². The largest absolute Gasteiger partial charge is 0.493 e. The van der Waals surface area contributed by atoms with Gasteiger partial charge in [0.1, 0.15) is 5.75 Å². The van der Waals surface area contributed by atoms with E-state index in [-0.39, 0.29) is 0 Å². The molecule has 20 heavy (non-hydrogen) atoms. The van der Waals surface area contributed by atoms with E-state index in [2.05, 4.69) is 26.1 Å². The van der Waals surface area contributed by atoms with E-state index in [4.69, 9.17) is 4.74 Å². The summed E-state index contributed by atoms with van der Waals surface area (Å²) in [4.78, 5) is 0. The second-order valence-corrected chi connectivity index (χ2v) is 6.04. The third kappa shape index (κ3) is 3.13. The normalized spacial score (nSPS) is 10.8. The molecule has 0 aliphatic heterocycles. The molecule has 2 heterocycles. The number of ether oxygens (including phenoxy) is 1. The predicted octanol–water partition coefficient (Wildman–Crippen LogP) is 3.66. The van der Waals surface area contributed by atoms with Crippen molar-refractivity contribution in [2.75, 3.05) is 12.4 Å². The van der Waals surface area contributed by atoms with Crippen LogP contribution in [0.3, 0.4) is 0 Å². The van der Waals surface area contributed by atoms with Gasteiger partial charge < -0.3 is 4.74 Å². The lowest BCUT2D eigenvalue weighted by Gasteiger charge is -2.05. The lowest BCUT2D eigenvalue weighted by atomic mass is 10.3. The molecule has 1 aromatic carbocycles. The molecule has 3 rings (SSSR count). The summed E-state index contributed by atoms with van der Waals surface area (Å²) in [6.07, 6.45) is 1.97. The molecule has 0 amide bonds. The van der Waals surface area contributed by atoms with E-state index in [0.717, 1.165) is 26.8 Å². The molecule has 0 saturated carbocycles. The second kappa shape index (κ2) is 6.28. The molecule has 102 valence electrons. The van der Waals surface area contributed by atoms with Crippen LogP contribution in [0.15, 0.2) is 58.3 Å². The van der Waals surface area contributed by atoms with Crippen LogP contribution in [0.25, 0.3) is 5.65 Å². The number of hydrogen-bond donors (Lipinski definition) is 0. The van der Waals surface area contributed by atoms with Gasteiger partial charge in [-0.25, -0.2) is 0 Å². The van der Waals surface area contributed by atoms with Crippen molar-refractivity contribution < 1.29 is 4.74 Å². The number of fused-ring (bicyclic) bond motifs is 1. The van der Waals surface area contributed by atoms with Crippen molar-refractivity contribution in [2.45, 2.75) is 5.16 Å². The molecule has 4 nitrogen and oxygen atoms in total. The first-order chi connectivity index (χ1) is 9.83. The van der Waals surface area contributed by atoms with Crippen LogP contribution in [0, 0.1) is 0 Å². The average molecular weight is 350 g/mol. The van der Waals surface area contributed by atoms with Crippen LogP contribution < -0.4 is 4.74 Å². The Kier molecular flexibility index (Phi) is 4.22. The number of thioether (sulfide) groups is 1. The summed E-state index contributed by atoms with van der Waals surface area (Å²) in [6.45, 7) is 0.628. The van der Waals surface area contributed by atoms with Crippen molar-refractivity contribution in [1.82, 2.24) is 14.6 Å². The maximum absolute atomic E-state index is 5.69. The van der Waals surface area contributed by atoms with Crippen LogP contribution in [-0.4, -0.2) is 27.0 Å². The Morgan fingerprint density at radius 3 is 3.00 bits per heavy atom. The summed E-state index contributed by atoms with van der Waals surface area (Å²) >= 11 is 5.06. The third-order valence-electron chi connectivity index (χ3n) is 2.66. The van der Waals surface area contributed by atoms with E-state index in [0.29, 0.717) is 6.61 Å². The maximum Gasteiger partial charge on any atom is 0.195 e. The number of rotatable bonds is 5. The van der Waals surface area contributed by atoms with Gasteiger partial charge in [-0.05, 0) is 30.3 Å². The predicted molar refractivity (Wildman–Crippen MR) is 83.3 cm³/mol. The maximum atomic E-state index is 5.69. The zero-order valence-electron chi connectivity index (χ0n) is 10.6. The van der Waals surface area contributed by atoms with E-state index in [1.54, 1.807) is 11.8 Å². The summed E-state index contributed by atoms with van der Waals surface area (Å²) in [5.74, 6) is 1.69. The van der Waals surface area contributed by atoms with Crippen molar-refractivity contribution in [3.63, 3.8) is 0 Å². The molecule has 0 aliphatic rings. The highest BCUT2D eigenvalue weighted by molar-refractivity contribution is 9.10. The lowest BCUT2D eigenvalue weighted by Crippen LogP contribution is -2.00. The number of pyridine rings is 1. The fraction of sp³-hybridized carbons (Fsp3) is 0.143. The lowest BCUT2D eigenvalue weighted by molar-refractivity contribution is 0.343. The Hall–Kier alpha value is -1.53. The third-order valence-corrected chi connectivity index (χ3v) is 4.06.